The molecule has 0 aliphatic carbocycles. The second-order valence-electron chi connectivity index (χ2n) is 5.39. The van der Waals surface area contributed by atoms with Crippen LogP contribution in [-0.4, -0.2) is 50.7 Å². The predicted octanol–water partition coefficient (Wildman–Crippen LogP) is 1.30. The summed E-state index contributed by atoms with van der Waals surface area (Å²) in [5.74, 6) is 0.0956. The highest BCUT2D eigenvalue weighted by molar-refractivity contribution is 7.91. The van der Waals surface area contributed by atoms with E-state index in [0.29, 0.717) is 18.5 Å². The van der Waals surface area contributed by atoms with E-state index in [9.17, 15) is 13.2 Å². The molecular weight excluding hydrogens is 288 g/mol. The molecule has 1 heterocycles. The van der Waals surface area contributed by atoms with Crippen LogP contribution in [0.1, 0.15) is 30.6 Å². The van der Waals surface area contributed by atoms with E-state index >= 15 is 0 Å². The van der Waals surface area contributed by atoms with E-state index in [1.165, 1.54) is 12.1 Å². The van der Waals surface area contributed by atoms with Crippen LogP contribution in [0.25, 0.3) is 0 Å². The molecule has 116 valence electrons. The zero-order chi connectivity index (χ0) is 15.5. The van der Waals surface area contributed by atoms with Gasteiger partial charge < -0.3 is 10.2 Å². The topological polar surface area (TPSA) is 66.5 Å². The molecule has 21 heavy (non-hydrogen) atoms. The molecule has 1 saturated heterocycles. The number of hydrogen-bond acceptors (Lipinski definition) is 4. The summed E-state index contributed by atoms with van der Waals surface area (Å²) in [6.45, 7) is 6.09. The Morgan fingerprint density at radius 1 is 1.33 bits per heavy atom. The van der Waals surface area contributed by atoms with Crippen LogP contribution in [-0.2, 0) is 9.84 Å². The van der Waals surface area contributed by atoms with Crippen molar-refractivity contribution < 1.29 is 13.2 Å². The number of rotatable bonds is 4. The molecule has 1 amide bonds. The largest absolute Gasteiger partial charge is 0.333 e. The van der Waals surface area contributed by atoms with Gasteiger partial charge in [-0.25, -0.2) is 8.42 Å². The first-order valence-corrected chi connectivity index (χ1v) is 8.95. The van der Waals surface area contributed by atoms with Crippen LogP contribution in [0.5, 0.6) is 0 Å². The summed E-state index contributed by atoms with van der Waals surface area (Å²) in [6.07, 6.45) is 0.585. The minimum atomic E-state index is -3.22. The van der Waals surface area contributed by atoms with Crippen molar-refractivity contribution >= 4 is 15.7 Å². The molecule has 1 aliphatic rings. The maximum absolute atomic E-state index is 12.4. The van der Waals surface area contributed by atoms with Crippen molar-refractivity contribution in [2.24, 2.45) is 0 Å². The lowest BCUT2D eigenvalue weighted by Gasteiger charge is -2.34. The van der Waals surface area contributed by atoms with Gasteiger partial charge in [-0.3, -0.25) is 4.79 Å². The highest BCUT2D eigenvalue weighted by Gasteiger charge is 2.24. The van der Waals surface area contributed by atoms with Crippen LogP contribution < -0.4 is 5.32 Å². The molecule has 1 aromatic rings. The number of sulfone groups is 1. The summed E-state index contributed by atoms with van der Waals surface area (Å²) >= 11 is 0. The molecule has 0 saturated carbocycles. The summed E-state index contributed by atoms with van der Waals surface area (Å²) in [4.78, 5) is 14.6. The zero-order valence-corrected chi connectivity index (χ0v) is 13.3. The van der Waals surface area contributed by atoms with Crippen LogP contribution >= 0.6 is 0 Å². The number of nitrogens with zero attached hydrogens (tertiary/aromatic N) is 1. The summed E-state index contributed by atoms with van der Waals surface area (Å²) in [6, 6.07) is 6.44. The van der Waals surface area contributed by atoms with Crippen LogP contribution in [0.4, 0.5) is 0 Å². The Morgan fingerprint density at radius 3 is 2.57 bits per heavy atom. The van der Waals surface area contributed by atoms with E-state index in [2.05, 4.69) is 5.32 Å². The third kappa shape index (κ3) is 3.63. The van der Waals surface area contributed by atoms with Crippen LogP contribution in [0.15, 0.2) is 29.2 Å². The Bertz CT molecular complexity index is 596. The molecule has 1 aromatic carbocycles. The molecule has 1 fully saturated rings. The number of nitrogens with one attached hydrogen (secondary N) is 1. The smallest absolute Gasteiger partial charge is 0.254 e. The monoisotopic (exact) mass is 310 g/mol. The normalized spacial score (nSPS) is 19.5. The molecule has 0 spiro atoms. The van der Waals surface area contributed by atoms with Gasteiger partial charge in [0.1, 0.15) is 0 Å². The van der Waals surface area contributed by atoms with Gasteiger partial charge in [-0.05, 0) is 37.6 Å². The number of benzene rings is 1. The Hall–Kier alpha value is -1.40. The fraction of sp³-hybridized carbons (Fsp3) is 0.533. The van der Waals surface area contributed by atoms with Crippen molar-refractivity contribution in [2.75, 3.05) is 25.4 Å². The van der Waals surface area contributed by atoms with Crippen LogP contribution in [0.2, 0.25) is 0 Å². The average Bonchev–Trinajstić information content (AvgIpc) is 2.47. The summed E-state index contributed by atoms with van der Waals surface area (Å²) < 4.78 is 23.9. The van der Waals surface area contributed by atoms with Crippen molar-refractivity contribution in [3.05, 3.63) is 29.8 Å². The van der Waals surface area contributed by atoms with Gasteiger partial charge in [0.15, 0.2) is 9.84 Å². The third-order valence-corrected chi connectivity index (χ3v) is 5.63. The summed E-state index contributed by atoms with van der Waals surface area (Å²) in [5.41, 5.74) is 0.541. The predicted molar refractivity (Wildman–Crippen MR) is 82.2 cm³/mol. The van der Waals surface area contributed by atoms with E-state index < -0.39 is 9.84 Å². The summed E-state index contributed by atoms with van der Waals surface area (Å²) in [5, 5.41) is 3.24. The van der Waals surface area contributed by atoms with Crippen molar-refractivity contribution in [1.82, 2.24) is 10.2 Å². The fourth-order valence-corrected chi connectivity index (χ4v) is 3.82. The highest BCUT2D eigenvalue weighted by atomic mass is 32.2. The average molecular weight is 310 g/mol. The van der Waals surface area contributed by atoms with Gasteiger partial charge in [0.25, 0.3) is 5.91 Å². The van der Waals surface area contributed by atoms with Gasteiger partial charge in [0.2, 0.25) is 0 Å². The van der Waals surface area contributed by atoms with Crippen molar-refractivity contribution in [3.8, 4) is 0 Å². The maximum atomic E-state index is 12.4. The molecule has 0 unspecified atom stereocenters. The lowest BCUT2D eigenvalue weighted by molar-refractivity contribution is 0.0655. The lowest BCUT2D eigenvalue weighted by atomic mass is 10.1. The fourth-order valence-electron chi connectivity index (χ4n) is 2.50. The molecule has 0 aromatic heterocycles. The number of carbonyl (C=O) groups excluding carboxylic acids is 1. The van der Waals surface area contributed by atoms with Gasteiger partial charge in [-0.2, -0.15) is 0 Å². The lowest BCUT2D eigenvalue weighted by Crippen LogP contribution is -2.52. The Kier molecular flexibility index (Phi) is 5.00. The van der Waals surface area contributed by atoms with Crippen molar-refractivity contribution in [1.29, 1.82) is 0 Å². The zero-order valence-electron chi connectivity index (χ0n) is 12.5. The Morgan fingerprint density at radius 2 is 2.00 bits per heavy atom. The van der Waals surface area contributed by atoms with Crippen LogP contribution in [0.3, 0.4) is 0 Å². The van der Waals surface area contributed by atoms with Gasteiger partial charge in [-0.15, -0.1) is 0 Å². The van der Waals surface area contributed by atoms with E-state index in [-0.39, 0.29) is 22.6 Å². The Balaban J connectivity index is 2.17. The molecule has 5 nitrogen and oxygen atoms in total. The molecular formula is C15H22N2O3S. The minimum Gasteiger partial charge on any atom is -0.333 e. The van der Waals surface area contributed by atoms with E-state index in [4.69, 9.17) is 0 Å². The van der Waals surface area contributed by atoms with Gasteiger partial charge in [-0.1, -0.05) is 6.92 Å². The van der Waals surface area contributed by atoms with Crippen molar-refractivity contribution in [3.63, 3.8) is 0 Å². The molecule has 1 aliphatic heterocycles. The van der Waals surface area contributed by atoms with Gasteiger partial charge in [0, 0.05) is 31.2 Å². The minimum absolute atomic E-state index is 0.0385. The number of hydrogen-bond donors (Lipinski definition) is 1. The number of piperazine rings is 1. The van der Waals surface area contributed by atoms with Gasteiger partial charge in [0.05, 0.1) is 10.6 Å². The van der Waals surface area contributed by atoms with Crippen molar-refractivity contribution in [2.45, 2.75) is 31.2 Å². The van der Waals surface area contributed by atoms with E-state index in [1.54, 1.807) is 12.1 Å². The first-order chi connectivity index (χ1) is 9.95. The molecule has 1 N–H and O–H groups in total. The highest BCUT2D eigenvalue weighted by Crippen LogP contribution is 2.16. The maximum Gasteiger partial charge on any atom is 0.254 e. The number of amides is 1. The molecule has 2 rings (SSSR count). The molecule has 6 heteroatoms. The SMILES string of the molecule is CCCS(=O)(=O)c1ccc(C(=O)N2CCNC[C@@H]2C)cc1. The first-order valence-electron chi connectivity index (χ1n) is 7.30. The standard InChI is InChI=1S/C15H22N2O3S/c1-3-10-21(19,20)14-6-4-13(5-7-14)15(18)17-9-8-16-11-12(17)2/h4-7,12,16H,3,8-11H2,1-2H3/t12-/m0/s1. The first kappa shape index (κ1) is 16.0. The quantitative estimate of drug-likeness (QED) is 0.910. The van der Waals surface area contributed by atoms with E-state index in [0.717, 1.165) is 13.1 Å². The summed E-state index contributed by atoms with van der Waals surface area (Å²) in [7, 11) is -3.22. The Labute approximate surface area is 126 Å². The molecule has 0 bridgehead atoms. The third-order valence-electron chi connectivity index (χ3n) is 3.70. The molecule has 1 atom stereocenters. The number of carbonyl (C=O) groups is 1. The van der Waals surface area contributed by atoms with Crippen LogP contribution in [0, 0.1) is 0 Å². The van der Waals surface area contributed by atoms with Gasteiger partial charge >= 0.3 is 0 Å². The molecule has 0 radical (unpaired) electrons. The second-order valence-corrected chi connectivity index (χ2v) is 7.50. The second kappa shape index (κ2) is 6.58. The van der Waals surface area contributed by atoms with E-state index in [1.807, 2.05) is 18.7 Å².